The molecule has 0 radical (unpaired) electrons. The highest BCUT2D eigenvalue weighted by Gasteiger charge is 2.31. The van der Waals surface area contributed by atoms with E-state index in [1.54, 1.807) is 18.9 Å². The van der Waals surface area contributed by atoms with Crippen LogP contribution in [-0.2, 0) is 4.79 Å². The summed E-state index contributed by atoms with van der Waals surface area (Å²) in [6.07, 6.45) is 5.44. The standard InChI is InChI=1S/C18H24N2O2S/c1-13-8-9-16(22-2)15(12-13)19-18-20(10-5-11-23-18)17(21)14-6-3-4-7-14/h8-9,12,14H,3-7,10-11H2,1-2H3. The molecular weight excluding hydrogens is 308 g/mol. The van der Waals surface area contributed by atoms with Crippen molar-refractivity contribution in [1.82, 2.24) is 4.90 Å². The highest BCUT2D eigenvalue weighted by molar-refractivity contribution is 8.13. The molecule has 1 aliphatic heterocycles. The van der Waals surface area contributed by atoms with Crippen LogP contribution in [0.3, 0.4) is 0 Å². The number of carbonyl (C=O) groups is 1. The highest BCUT2D eigenvalue weighted by atomic mass is 32.2. The summed E-state index contributed by atoms with van der Waals surface area (Å²) >= 11 is 1.68. The number of amides is 1. The molecule has 5 heteroatoms. The molecule has 0 N–H and O–H groups in total. The van der Waals surface area contributed by atoms with Crippen molar-refractivity contribution in [1.29, 1.82) is 0 Å². The summed E-state index contributed by atoms with van der Waals surface area (Å²) in [7, 11) is 1.66. The molecule has 1 aliphatic carbocycles. The Bertz CT molecular complexity index is 609. The Labute approximate surface area is 142 Å². The summed E-state index contributed by atoms with van der Waals surface area (Å²) in [6, 6.07) is 5.96. The Balaban J connectivity index is 1.88. The highest BCUT2D eigenvalue weighted by Crippen LogP contribution is 2.33. The van der Waals surface area contributed by atoms with Crippen LogP contribution in [0.4, 0.5) is 5.69 Å². The zero-order valence-electron chi connectivity index (χ0n) is 13.9. The molecular formula is C18H24N2O2S. The second-order valence-electron chi connectivity index (χ2n) is 6.24. The number of aliphatic imine (C=N–C) groups is 1. The molecule has 2 aliphatic rings. The fourth-order valence-electron chi connectivity index (χ4n) is 3.24. The monoisotopic (exact) mass is 332 g/mol. The first kappa shape index (κ1) is 16.4. The molecule has 1 heterocycles. The van der Waals surface area contributed by atoms with E-state index in [1.807, 2.05) is 30.0 Å². The number of hydrogen-bond donors (Lipinski definition) is 0. The lowest BCUT2D eigenvalue weighted by atomic mass is 10.1. The number of ether oxygens (including phenoxy) is 1. The number of methoxy groups -OCH3 is 1. The third kappa shape index (κ3) is 3.71. The Morgan fingerprint density at radius 2 is 2.09 bits per heavy atom. The van der Waals surface area contributed by atoms with E-state index in [1.165, 1.54) is 12.8 Å². The third-order valence-electron chi connectivity index (χ3n) is 4.51. The van der Waals surface area contributed by atoms with E-state index in [0.717, 1.165) is 53.7 Å². The fraction of sp³-hybridized carbons (Fsp3) is 0.556. The zero-order valence-corrected chi connectivity index (χ0v) is 14.7. The van der Waals surface area contributed by atoms with Crippen LogP contribution in [0.1, 0.15) is 37.7 Å². The van der Waals surface area contributed by atoms with Gasteiger partial charge in [0.1, 0.15) is 11.4 Å². The minimum Gasteiger partial charge on any atom is -0.494 e. The molecule has 23 heavy (non-hydrogen) atoms. The molecule has 1 aromatic rings. The summed E-state index contributed by atoms with van der Waals surface area (Å²) < 4.78 is 5.42. The van der Waals surface area contributed by atoms with Gasteiger partial charge < -0.3 is 4.74 Å². The van der Waals surface area contributed by atoms with Crippen LogP contribution < -0.4 is 4.74 Å². The normalized spacial score (nSPS) is 21.0. The molecule has 3 rings (SSSR count). The van der Waals surface area contributed by atoms with E-state index >= 15 is 0 Å². The maximum atomic E-state index is 12.8. The van der Waals surface area contributed by atoms with Crippen molar-refractivity contribution < 1.29 is 9.53 Å². The Kier molecular flexibility index (Phi) is 5.26. The van der Waals surface area contributed by atoms with Crippen LogP contribution in [0, 0.1) is 12.8 Å². The minimum atomic E-state index is 0.193. The van der Waals surface area contributed by atoms with Gasteiger partial charge in [-0.15, -0.1) is 0 Å². The number of thioether (sulfide) groups is 1. The van der Waals surface area contributed by atoms with E-state index in [0.29, 0.717) is 0 Å². The van der Waals surface area contributed by atoms with Gasteiger partial charge in [-0.2, -0.15) is 0 Å². The van der Waals surface area contributed by atoms with Gasteiger partial charge in [-0.05, 0) is 43.9 Å². The molecule has 1 aromatic carbocycles. The largest absolute Gasteiger partial charge is 0.494 e. The second kappa shape index (κ2) is 7.39. The van der Waals surface area contributed by atoms with Crippen LogP contribution in [0.5, 0.6) is 5.75 Å². The molecule has 124 valence electrons. The van der Waals surface area contributed by atoms with Crippen molar-refractivity contribution in [3.63, 3.8) is 0 Å². The van der Waals surface area contributed by atoms with Crippen LogP contribution in [0.2, 0.25) is 0 Å². The Hall–Kier alpha value is -1.49. The zero-order chi connectivity index (χ0) is 16.2. The first-order valence-corrected chi connectivity index (χ1v) is 9.35. The second-order valence-corrected chi connectivity index (χ2v) is 7.31. The predicted octanol–water partition coefficient (Wildman–Crippen LogP) is 4.15. The number of hydrogen-bond acceptors (Lipinski definition) is 4. The SMILES string of the molecule is COc1ccc(C)cc1N=C1SCCCN1C(=O)C1CCCC1. The van der Waals surface area contributed by atoms with E-state index < -0.39 is 0 Å². The number of amidine groups is 1. The van der Waals surface area contributed by atoms with Crippen LogP contribution in [-0.4, -0.2) is 35.4 Å². The van der Waals surface area contributed by atoms with Crippen molar-refractivity contribution in [2.24, 2.45) is 10.9 Å². The quantitative estimate of drug-likeness (QED) is 0.835. The van der Waals surface area contributed by atoms with Gasteiger partial charge in [-0.1, -0.05) is 30.7 Å². The summed E-state index contributed by atoms with van der Waals surface area (Å²) in [5.41, 5.74) is 1.95. The van der Waals surface area contributed by atoms with Crippen molar-refractivity contribution >= 4 is 28.5 Å². The average Bonchev–Trinajstić information content (AvgIpc) is 3.09. The Morgan fingerprint density at radius 3 is 2.83 bits per heavy atom. The molecule has 2 fully saturated rings. The summed E-state index contributed by atoms with van der Waals surface area (Å²) in [6.45, 7) is 2.83. The van der Waals surface area contributed by atoms with Gasteiger partial charge in [0.05, 0.1) is 7.11 Å². The van der Waals surface area contributed by atoms with Gasteiger partial charge in [-0.25, -0.2) is 4.99 Å². The molecule has 0 spiro atoms. The molecule has 1 saturated carbocycles. The maximum Gasteiger partial charge on any atom is 0.231 e. The van der Waals surface area contributed by atoms with Gasteiger partial charge in [0.15, 0.2) is 5.17 Å². The lowest BCUT2D eigenvalue weighted by Gasteiger charge is -2.30. The summed E-state index contributed by atoms with van der Waals surface area (Å²) in [5, 5.41) is 0.831. The van der Waals surface area contributed by atoms with E-state index in [2.05, 4.69) is 0 Å². The van der Waals surface area contributed by atoms with Crippen LogP contribution in [0.15, 0.2) is 23.2 Å². The number of rotatable bonds is 3. The molecule has 0 aromatic heterocycles. The van der Waals surface area contributed by atoms with Gasteiger partial charge in [0, 0.05) is 18.2 Å². The first-order chi connectivity index (χ1) is 11.2. The first-order valence-electron chi connectivity index (χ1n) is 8.36. The van der Waals surface area contributed by atoms with Crippen molar-refractivity contribution in [3.05, 3.63) is 23.8 Å². The lowest BCUT2D eigenvalue weighted by molar-refractivity contribution is -0.131. The number of carbonyl (C=O) groups excluding carboxylic acids is 1. The molecule has 0 bridgehead atoms. The average molecular weight is 332 g/mol. The number of benzene rings is 1. The van der Waals surface area contributed by atoms with Crippen LogP contribution in [0.25, 0.3) is 0 Å². The smallest absolute Gasteiger partial charge is 0.231 e. The van der Waals surface area contributed by atoms with E-state index in [4.69, 9.17) is 9.73 Å². The maximum absolute atomic E-state index is 12.8. The van der Waals surface area contributed by atoms with Gasteiger partial charge in [-0.3, -0.25) is 9.69 Å². The molecule has 4 nitrogen and oxygen atoms in total. The topological polar surface area (TPSA) is 41.9 Å². The van der Waals surface area contributed by atoms with E-state index in [-0.39, 0.29) is 11.8 Å². The molecule has 1 amide bonds. The third-order valence-corrected chi connectivity index (χ3v) is 5.57. The van der Waals surface area contributed by atoms with Crippen LogP contribution >= 0.6 is 11.8 Å². The van der Waals surface area contributed by atoms with Crippen molar-refractivity contribution in [3.8, 4) is 5.75 Å². The number of aryl methyl sites for hydroxylation is 1. The lowest BCUT2D eigenvalue weighted by Crippen LogP contribution is -2.42. The van der Waals surface area contributed by atoms with Gasteiger partial charge >= 0.3 is 0 Å². The molecule has 0 atom stereocenters. The van der Waals surface area contributed by atoms with Crippen molar-refractivity contribution in [2.75, 3.05) is 19.4 Å². The summed E-state index contributed by atoms with van der Waals surface area (Å²) in [4.78, 5) is 19.5. The minimum absolute atomic E-state index is 0.193. The number of nitrogens with zero attached hydrogens (tertiary/aromatic N) is 2. The van der Waals surface area contributed by atoms with E-state index in [9.17, 15) is 4.79 Å². The Morgan fingerprint density at radius 1 is 1.30 bits per heavy atom. The van der Waals surface area contributed by atoms with Gasteiger partial charge in [0.25, 0.3) is 0 Å². The van der Waals surface area contributed by atoms with Gasteiger partial charge in [0.2, 0.25) is 5.91 Å². The molecule has 1 saturated heterocycles. The fourth-order valence-corrected chi connectivity index (χ4v) is 4.20. The molecule has 0 unspecified atom stereocenters. The summed E-state index contributed by atoms with van der Waals surface area (Å²) in [5.74, 6) is 2.22. The predicted molar refractivity (Wildman–Crippen MR) is 95.6 cm³/mol. The van der Waals surface area contributed by atoms with Crippen molar-refractivity contribution in [2.45, 2.75) is 39.0 Å².